The van der Waals surface area contributed by atoms with Gasteiger partial charge in [-0.1, -0.05) is 39.8 Å². The molecule has 1 amide bonds. The number of carbonyl (C=O) groups is 1. The third kappa shape index (κ3) is 5.72. The zero-order valence-electron chi connectivity index (χ0n) is 16.1. The minimum absolute atomic E-state index is 0.0458. The van der Waals surface area contributed by atoms with Crippen molar-refractivity contribution in [1.29, 1.82) is 0 Å². The van der Waals surface area contributed by atoms with Crippen molar-refractivity contribution in [2.75, 3.05) is 26.8 Å². The molecule has 0 aromatic heterocycles. The van der Waals surface area contributed by atoms with Crippen LogP contribution in [0.3, 0.4) is 0 Å². The number of hydrogen-bond donors (Lipinski definition) is 2. The molecular formula is C20H32N2O3. The van der Waals surface area contributed by atoms with Crippen LogP contribution < -0.4 is 15.4 Å². The highest BCUT2D eigenvalue weighted by Crippen LogP contribution is 2.25. The van der Waals surface area contributed by atoms with Gasteiger partial charge in [0, 0.05) is 25.6 Å². The van der Waals surface area contributed by atoms with E-state index in [1.54, 1.807) is 7.11 Å². The first-order valence-corrected chi connectivity index (χ1v) is 9.09. The van der Waals surface area contributed by atoms with Crippen LogP contribution in [0.5, 0.6) is 5.75 Å². The van der Waals surface area contributed by atoms with Crippen LogP contribution in [0.25, 0.3) is 0 Å². The highest BCUT2D eigenvalue weighted by molar-refractivity contribution is 5.82. The van der Waals surface area contributed by atoms with Crippen molar-refractivity contribution < 1.29 is 14.3 Å². The summed E-state index contributed by atoms with van der Waals surface area (Å²) in [5.41, 5.74) is 1.03. The Balaban J connectivity index is 1.87. The molecular weight excluding hydrogens is 316 g/mol. The van der Waals surface area contributed by atoms with Crippen LogP contribution in [0, 0.1) is 5.92 Å². The molecule has 1 aromatic rings. The Morgan fingerprint density at radius 1 is 1.32 bits per heavy atom. The number of hydrogen-bond acceptors (Lipinski definition) is 4. The number of rotatable bonds is 8. The lowest BCUT2D eigenvalue weighted by atomic mass is 9.84. The molecule has 1 aliphatic heterocycles. The van der Waals surface area contributed by atoms with Crippen molar-refractivity contribution in [2.24, 2.45) is 5.92 Å². The van der Waals surface area contributed by atoms with Crippen molar-refractivity contribution in [1.82, 2.24) is 10.6 Å². The number of amides is 1. The van der Waals surface area contributed by atoms with Crippen LogP contribution in [0.2, 0.25) is 0 Å². The molecule has 1 aromatic carbocycles. The second-order valence-corrected chi connectivity index (χ2v) is 7.89. The van der Waals surface area contributed by atoms with Gasteiger partial charge in [0.05, 0.1) is 18.8 Å². The van der Waals surface area contributed by atoms with Crippen molar-refractivity contribution in [3.8, 4) is 5.75 Å². The number of methoxy groups -OCH3 is 1. The maximum atomic E-state index is 12.3. The van der Waals surface area contributed by atoms with Gasteiger partial charge >= 0.3 is 0 Å². The molecule has 1 aliphatic rings. The first-order chi connectivity index (χ1) is 11.8. The van der Waals surface area contributed by atoms with Gasteiger partial charge < -0.3 is 20.1 Å². The fourth-order valence-corrected chi connectivity index (χ4v) is 2.88. The van der Waals surface area contributed by atoms with Gasteiger partial charge in [-0.25, -0.2) is 0 Å². The lowest BCUT2D eigenvalue weighted by Crippen LogP contribution is -2.45. The molecule has 5 nitrogen and oxygen atoms in total. The van der Waals surface area contributed by atoms with Crippen LogP contribution in [-0.4, -0.2) is 44.9 Å². The fourth-order valence-electron chi connectivity index (χ4n) is 2.88. The molecule has 1 heterocycles. The van der Waals surface area contributed by atoms with E-state index in [0.29, 0.717) is 12.5 Å². The maximum Gasteiger partial charge on any atom is 0.237 e. The van der Waals surface area contributed by atoms with Gasteiger partial charge in [0.15, 0.2) is 0 Å². The van der Waals surface area contributed by atoms with E-state index in [-0.39, 0.29) is 23.5 Å². The van der Waals surface area contributed by atoms with Crippen LogP contribution in [0.4, 0.5) is 0 Å². The Morgan fingerprint density at radius 3 is 2.56 bits per heavy atom. The van der Waals surface area contributed by atoms with E-state index in [1.165, 1.54) is 5.56 Å². The molecule has 0 saturated carbocycles. The summed E-state index contributed by atoms with van der Waals surface area (Å²) in [5, 5.41) is 6.28. The molecule has 25 heavy (non-hydrogen) atoms. The van der Waals surface area contributed by atoms with Gasteiger partial charge in [-0.15, -0.1) is 0 Å². The summed E-state index contributed by atoms with van der Waals surface area (Å²) in [5.74, 6) is 1.44. The monoisotopic (exact) mass is 348 g/mol. The van der Waals surface area contributed by atoms with Gasteiger partial charge in [0.25, 0.3) is 0 Å². The smallest absolute Gasteiger partial charge is 0.237 e. The second kappa shape index (κ2) is 8.68. The summed E-state index contributed by atoms with van der Waals surface area (Å²) >= 11 is 0. The predicted octanol–water partition coefficient (Wildman–Crippen LogP) is 2.49. The number of benzene rings is 1. The molecule has 0 aliphatic carbocycles. The van der Waals surface area contributed by atoms with Crippen LogP contribution >= 0.6 is 0 Å². The number of nitrogens with one attached hydrogen (secondary N) is 2. The Labute approximate surface area is 151 Å². The topological polar surface area (TPSA) is 59.6 Å². The fraction of sp³-hybridized carbons (Fsp3) is 0.650. The van der Waals surface area contributed by atoms with Crippen LogP contribution in [0.15, 0.2) is 24.3 Å². The van der Waals surface area contributed by atoms with Crippen molar-refractivity contribution in [3.63, 3.8) is 0 Å². The number of ether oxygens (including phenoxy) is 2. The lowest BCUT2D eigenvalue weighted by molar-refractivity contribution is -0.123. The maximum absolute atomic E-state index is 12.3. The van der Waals surface area contributed by atoms with Crippen molar-refractivity contribution in [3.05, 3.63) is 29.8 Å². The standard InChI is InChI=1S/C20H32N2O3/c1-14(2)12-25-16-8-6-15(7-9-16)20(3,4)13-22-19(23)18-10-17(24-5)11-21-18/h6-9,14,17-18,21H,10-13H2,1-5H3,(H,22,23)/t17-,18+/m0/s1. The van der Waals surface area contributed by atoms with E-state index in [0.717, 1.165) is 25.3 Å². The van der Waals surface area contributed by atoms with Crippen molar-refractivity contribution in [2.45, 2.75) is 51.7 Å². The minimum atomic E-state index is -0.160. The summed E-state index contributed by atoms with van der Waals surface area (Å²) < 4.78 is 11.0. The van der Waals surface area contributed by atoms with Gasteiger partial charge in [0.2, 0.25) is 5.91 Å². The Hall–Kier alpha value is -1.59. The number of carbonyl (C=O) groups excluding carboxylic acids is 1. The van der Waals surface area contributed by atoms with E-state index in [1.807, 2.05) is 12.1 Å². The predicted molar refractivity (Wildman–Crippen MR) is 100 cm³/mol. The summed E-state index contributed by atoms with van der Waals surface area (Å²) in [4.78, 5) is 12.3. The Bertz CT molecular complexity index is 555. The van der Waals surface area contributed by atoms with E-state index in [4.69, 9.17) is 9.47 Å². The van der Waals surface area contributed by atoms with Gasteiger partial charge in [0.1, 0.15) is 5.75 Å². The molecule has 0 spiro atoms. The quantitative estimate of drug-likeness (QED) is 0.758. The molecule has 2 atom stereocenters. The largest absolute Gasteiger partial charge is 0.493 e. The third-order valence-corrected chi connectivity index (χ3v) is 4.66. The molecule has 0 radical (unpaired) electrons. The van der Waals surface area contributed by atoms with Crippen LogP contribution in [0.1, 0.15) is 39.7 Å². The normalized spacial score (nSPS) is 20.7. The first-order valence-electron chi connectivity index (χ1n) is 9.09. The molecule has 140 valence electrons. The minimum Gasteiger partial charge on any atom is -0.493 e. The molecule has 0 bridgehead atoms. The molecule has 1 saturated heterocycles. The zero-order valence-corrected chi connectivity index (χ0v) is 16.1. The van der Waals surface area contributed by atoms with E-state index >= 15 is 0 Å². The zero-order chi connectivity index (χ0) is 18.4. The van der Waals surface area contributed by atoms with E-state index in [2.05, 4.69) is 50.5 Å². The summed E-state index contributed by atoms with van der Waals surface area (Å²) in [6, 6.07) is 8.01. The second-order valence-electron chi connectivity index (χ2n) is 7.89. The molecule has 0 unspecified atom stereocenters. The Kier molecular flexibility index (Phi) is 6.85. The summed E-state index contributed by atoms with van der Waals surface area (Å²) in [7, 11) is 1.68. The third-order valence-electron chi connectivity index (χ3n) is 4.66. The van der Waals surface area contributed by atoms with Crippen molar-refractivity contribution >= 4 is 5.91 Å². The van der Waals surface area contributed by atoms with Gasteiger partial charge in [-0.05, 0) is 30.0 Å². The van der Waals surface area contributed by atoms with E-state index < -0.39 is 0 Å². The first kappa shape index (κ1) is 19.7. The summed E-state index contributed by atoms with van der Waals surface area (Å²) in [6.45, 7) is 10.6. The van der Waals surface area contributed by atoms with Gasteiger partial charge in [-0.3, -0.25) is 4.79 Å². The van der Waals surface area contributed by atoms with E-state index in [9.17, 15) is 4.79 Å². The highest BCUT2D eigenvalue weighted by Gasteiger charge is 2.30. The van der Waals surface area contributed by atoms with Crippen LogP contribution in [-0.2, 0) is 14.9 Å². The molecule has 2 rings (SSSR count). The summed E-state index contributed by atoms with van der Waals surface area (Å²) in [6.07, 6.45) is 0.854. The lowest BCUT2D eigenvalue weighted by Gasteiger charge is -2.26. The molecule has 5 heteroatoms. The Morgan fingerprint density at radius 2 is 2.00 bits per heavy atom. The molecule has 2 N–H and O–H groups in total. The molecule has 1 fully saturated rings. The average Bonchev–Trinajstić information content (AvgIpc) is 3.07. The SMILES string of the molecule is CO[C@@H]1CN[C@@H](C(=O)NCC(C)(C)c2ccc(OCC(C)C)cc2)C1. The highest BCUT2D eigenvalue weighted by atomic mass is 16.5. The van der Waals surface area contributed by atoms with Gasteiger partial charge in [-0.2, -0.15) is 0 Å². The average molecular weight is 348 g/mol.